The number of anilines is 1. The van der Waals surface area contributed by atoms with E-state index in [1.54, 1.807) is 18.3 Å². The molecule has 1 N–H and O–H groups in total. The van der Waals surface area contributed by atoms with Gasteiger partial charge >= 0.3 is 6.09 Å². The van der Waals surface area contributed by atoms with Crippen LogP contribution >= 0.6 is 0 Å². The number of hydrogen-bond acceptors (Lipinski definition) is 5. The van der Waals surface area contributed by atoms with E-state index >= 15 is 0 Å². The van der Waals surface area contributed by atoms with Crippen LogP contribution in [0.5, 0.6) is 0 Å². The summed E-state index contributed by atoms with van der Waals surface area (Å²) in [7, 11) is 2.03. The van der Waals surface area contributed by atoms with Crippen molar-refractivity contribution in [1.29, 1.82) is 0 Å². The van der Waals surface area contributed by atoms with Gasteiger partial charge < -0.3 is 10.1 Å². The van der Waals surface area contributed by atoms with Crippen molar-refractivity contribution in [3.05, 3.63) is 83.9 Å². The lowest BCUT2D eigenvalue weighted by atomic mass is 10.0. The third kappa shape index (κ3) is 5.77. The number of benzene rings is 2. The first-order chi connectivity index (χ1) is 16.4. The molecule has 0 saturated carbocycles. The summed E-state index contributed by atoms with van der Waals surface area (Å²) in [5, 5.41) is 2.63. The average Bonchev–Trinajstić information content (AvgIpc) is 3.19. The summed E-state index contributed by atoms with van der Waals surface area (Å²) >= 11 is 0. The SMILES string of the molecule is CC(=O)NCC1CN(c2ccc(-c3ccc(CN(C)Cc4ccccn4)cc3)c(F)c2)C(=O)O1. The van der Waals surface area contributed by atoms with E-state index in [1.807, 2.05) is 49.5 Å². The lowest BCUT2D eigenvalue weighted by molar-refractivity contribution is -0.119. The van der Waals surface area contributed by atoms with Gasteiger partial charge in [-0.1, -0.05) is 30.3 Å². The molecule has 176 valence electrons. The van der Waals surface area contributed by atoms with E-state index in [4.69, 9.17) is 4.74 Å². The number of rotatable bonds is 8. The average molecular weight is 463 g/mol. The maximum absolute atomic E-state index is 15.0. The Hall–Kier alpha value is -3.78. The molecular weight excluding hydrogens is 435 g/mol. The first kappa shape index (κ1) is 23.4. The maximum Gasteiger partial charge on any atom is 0.414 e. The van der Waals surface area contributed by atoms with Crippen molar-refractivity contribution in [3.63, 3.8) is 0 Å². The van der Waals surface area contributed by atoms with Crippen LogP contribution in [0.1, 0.15) is 18.2 Å². The Labute approximate surface area is 198 Å². The number of halogens is 1. The van der Waals surface area contributed by atoms with Crippen LogP contribution < -0.4 is 10.2 Å². The lowest BCUT2D eigenvalue weighted by Crippen LogP contribution is -2.33. The number of nitrogens with zero attached hydrogens (tertiary/aromatic N) is 3. The Balaban J connectivity index is 1.40. The molecule has 2 heterocycles. The van der Waals surface area contributed by atoms with Crippen LogP contribution in [0.15, 0.2) is 66.9 Å². The largest absolute Gasteiger partial charge is 0.442 e. The molecule has 1 aliphatic rings. The van der Waals surface area contributed by atoms with Crippen LogP contribution in [-0.2, 0) is 22.6 Å². The molecule has 0 spiro atoms. The normalized spacial score (nSPS) is 15.5. The topological polar surface area (TPSA) is 74.8 Å². The van der Waals surface area contributed by atoms with Crippen molar-refractivity contribution in [2.75, 3.05) is 25.0 Å². The summed E-state index contributed by atoms with van der Waals surface area (Å²) in [6.07, 6.45) is 0.762. The van der Waals surface area contributed by atoms with E-state index in [0.717, 1.165) is 29.9 Å². The molecule has 1 aliphatic heterocycles. The second-order valence-electron chi connectivity index (χ2n) is 8.41. The zero-order chi connectivity index (χ0) is 24.1. The van der Waals surface area contributed by atoms with Gasteiger partial charge in [-0.05, 0) is 48.5 Å². The van der Waals surface area contributed by atoms with Gasteiger partial charge in [0.1, 0.15) is 11.9 Å². The van der Waals surface area contributed by atoms with Gasteiger partial charge in [-0.2, -0.15) is 0 Å². The standard InChI is InChI=1S/C26H27FN4O3/c1-18(32)29-14-23-17-31(26(33)34-23)22-10-11-24(25(27)13-22)20-8-6-19(7-9-20)15-30(2)16-21-5-3-4-12-28-21/h3-13,23H,14-17H2,1-2H3,(H,29,32). The number of ether oxygens (including phenoxy) is 1. The van der Waals surface area contributed by atoms with Crippen LogP contribution in [0.2, 0.25) is 0 Å². The van der Waals surface area contributed by atoms with Crippen LogP contribution in [0.25, 0.3) is 11.1 Å². The maximum atomic E-state index is 15.0. The van der Waals surface area contributed by atoms with E-state index in [9.17, 15) is 14.0 Å². The van der Waals surface area contributed by atoms with E-state index in [2.05, 4.69) is 15.2 Å². The molecule has 1 aromatic heterocycles. The summed E-state index contributed by atoms with van der Waals surface area (Å²) in [6.45, 7) is 3.36. The van der Waals surface area contributed by atoms with Crippen LogP contribution in [0.4, 0.5) is 14.9 Å². The van der Waals surface area contributed by atoms with E-state index in [-0.39, 0.29) is 19.0 Å². The van der Waals surface area contributed by atoms with Gasteiger partial charge in [0.25, 0.3) is 0 Å². The zero-order valence-corrected chi connectivity index (χ0v) is 19.2. The highest BCUT2D eigenvalue weighted by Crippen LogP contribution is 2.29. The van der Waals surface area contributed by atoms with Gasteiger partial charge in [-0.3, -0.25) is 19.6 Å². The van der Waals surface area contributed by atoms with Crippen molar-refractivity contribution >= 4 is 17.7 Å². The number of carbonyl (C=O) groups is 2. The molecule has 0 aliphatic carbocycles. The smallest absolute Gasteiger partial charge is 0.414 e. The molecule has 3 aromatic rings. The van der Waals surface area contributed by atoms with Gasteiger partial charge in [-0.15, -0.1) is 0 Å². The first-order valence-corrected chi connectivity index (χ1v) is 11.1. The molecule has 2 amide bonds. The fourth-order valence-corrected chi connectivity index (χ4v) is 3.93. The quantitative estimate of drug-likeness (QED) is 0.548. The van der Waals surface area contributed by atoms with Crippen molar-refractivity contribution in [3.8, 4) is 11.1 Å². The predicted molar refractivity (Wildman–Crippen MR) is 128 cm³/mol. The van der Waals surface area contributed by atoms with Gasteiger partial charge in [0, 0.05) is 31.8 Å². The third-order valence-corrected chi connectivity index (χ3v) is 5.59. The number of hydrogen-bond donors (Lipinski definition) is 1. The summed E-state index contributed by atoms with van der Waals surface area (Å²) in [6, 6.07) is 18.4. The summed E-state index contributed by atoms with van der Waals surface area (Å²) in [5.74, 6) is -0.619. The minimum absolute atomic E-state index is 0.198. The number of nitrogens with one attached hydrogen (secondary N) is 1. The van der Waals surface area contributed by atoms with E-state index in [1.165, 1.54) is 17.9 Å². The van der Waals surface area contributed by atoms with E-state index < -0.39 is 18.0 Å². The Morgan fingerprint density at radius 2 is 1.97 bits per heavy atom. The Bertz CT molecular complexity index is 1150. The second-order valence-corrected chi connectivity index (χ2v) is 8.41. The van der Waals surface area contributed by atoms with Crippen molar-refractivity contribution in [2.24, 2.45) is 0 Å². The summed E-state index contributed by atoms with van der Waals surface area (Å²) < 4.78 is 20.2. The lowest BCUT2D eigenvalue weighted by Gasteiger charge is -2.17. The molecule has 1 fully saturated rings. The number of amides is 2. The Kier molecular flexibility index (Phi) is 7.18. The molecule has 7 nitrogen and oxygen atoms in total. The predicted octanol–water partition coefficient (Wildman–Crippen LogP) is 3.98. The molecule has 4 rings (SSSR count). The van der Waals surface area contributed by atoms with Crippen molar-refractivity contribution in [2.45, 2.75) is 26.1 Å². The molecular formula is C26H27FN4O3. The summed E-state index contributed by atoms with van der Waals surface area (Å²) in [5.41, 5.74) is 3.76. The zero-order valence-electron chi connectivity index (χ0n) is 19.2. The van der Waals surface area contributed by atoms with Gasteiger partial charge in [0.05, 0.1) is 24.5 Å². The number of aromatic nitrogens is 1. The van der Waals surface area contributed by atoms with Crippen molar-refractivity contribution in [1.82, 2.24) is 15.2 Å². The van der Waals surface area contributed by atoms with Crippen LogP contribution in [0.3, 0.4) is 0 Å². The van der Waals surface area contributed by atoms with Gasteiger partial charge in [-0.25, -0.2) is 9.18 Å². The highest BCUT2D eigenvalue weighted by molar-refractivity contribution is 5.90. The van der Waals surface area contributed by atoms with Gasteiger partial charge in [0.15, 0.2) is 0 Å². The second kappa shape index (κ2) is 10.4. The molecule has 1 atom stereocenters. The Morgan fingerprint density at radius 1 is 1.18 bits per heavy atom. The highest BCUT2D eigenvalue weighted by atomic mass is 19.1. The molecule has 1 saturated heterocycles. The number of cyclic esters (lactones) is 1. The van der Waals surface area contributed by atoms with E-state index in [0.29, 0.717) is 11.3 Å². The minimum atomic E-state index is -0.554. The minimum Gasteiger partial charge on any atom is -0.442 e. The van der Waals surface area contributed by atoms with Crippen molar-refractivity contribution < 1.29 is 18.7 Å². The molecule has 0 radical (unpaired) electrons. The molecule has 0 bridgehead atoms. The number of carbonyl (C=O) groups excluding carboxylic acids is 2. The summed E-state index contributed by atoms with van der Waals surface area (Å²) in [4.78, 5) is 31.2. The third-order valence-electron chi connectivity index (χ3n) is 5.59. The fraction of sp³-hybridized carbons (Fsp3) is 0.269. The molecule has 2 aromatic carbocycles. The van der Waals surface area contributed by atoms with Crippen LogP contribution in [0, 0.1) is 5.82 Å². The first-order valence-electron chi connectivity index (χ1n) is 11.1. The molecule has 34 heavy (non-hydrogen) atoms. The monoisotopic (exact) mass is 462 g/mol. The highest BCUT2D eigenvalue weighted by Gasteiger charge is 2.32. The molecule has 1 unspecified atom stereocenters. The Morgan fingerprint density at radius 3 is 2.65 bits per heavy atom. The van der Waals surface area contributed by atoms with Crippen LogP contribution in [-0.4, -0.2) is 48.1 Å². The number of pyridine rings is 1. The fourth-order valence-electron chi connectivity index (χ4n) is 3.93. The van der Waals surface area contributed by atoms with Gasteiger partial charge in [0.2, 0.25) is 5.91 Å². The molecule has 8 heteroatoms.